The molecule has 156 valence electrons. The van der Waals surface area contributed by atoms with E-state index < -0.39 is 12.3 Å². The lowest BCUT2D eigenvalue weighted by Gasteiger charge is -2.09. The van der Waals surface area contributed by atoms with E-state index in [2.05, 4.69) is 15.0 Å². The first-order chi connectivity index (χ1) is 14.2. The van der Waals surface area contributed by atoms with Crippen molar-refractivity contribution >= 4 is 11.9 Å². The third-order valence-corrected chi connectivity index (χ3v) is 3.94. The molecule has 30 heavy (non-hydrogen) atoms. The fourth-order valence-corrected chi connectivity index (χ4v) is 2.53. The molecule has 0 atom stereocenters. The molecular weight excluding hydrogens is 405 g/mol. The van der Waals surface area contributed by atoms with Gasteiger partial charge in [0.15, 0.2) is 5.69 Å². The number of aromatic nitrogens is 1. The lowest BCUT2D eigenvalue weighted by atomic mass is 10.1. The molecular formula is C20H15F3N2O5. The first-order valence-electron chi connectivity index (χ1n) is 8.59. The van der Waals surface area contributed by atoms with Crippen molar-refractivity contribution < 1.29 is 37.0 Å². The molecule has 0 aliphatic rings. The van der Waals surface area contributed by atoms with Crippen molar-refractivity contribution in [2.75, 3.05) is 0 Å². The zero-order chi connectivity index (χ0) is 21.7. The standard InChI is InChI=1S/C20H15F3N2O5/c21-20(22,23)30-15-7-3-12(4-8-15)9-17(26)24-10-13-1-5-14(6-2-13)18-25-16(11-29-18)19(27)28/h1-8,11H,9-10H2,(H,24,26)(H,27,28). The smallest absolute Gasteiger partial charge is 0.476 e. The number of rotatable bonds is 7. The normalized spacial score (nSPS) is 11.2. The largest absolute Gasteiger partial charge is 0.573 e. The van der Waals surface area contributed by atoms with Crippen LogP contribution in [0.4, 0.5) is 13.2 Å². The van der Waals surface area contributed by atoms with Gasteiger partial charge in [0.25, 0.3) is 0 Å². The maximum atomic E-state index is 12.1. The highest BCUT2D eigenvalue weighted by atomic mass is 19.4. The van der Waals surface area contributed by atoms with Gasteiger partial charge < -0.3 is 19.6 Å². The monoisotopic (exact) mass is 420 g/mol. The second kappa shape index (κ2) is 8.68. The van der Waals surface area contributed by atoms with Crippen molar-refractivity contribution in [3.8, 4) is 17.2 Å². The van der Waals surface area contributed by atoms with Crippen molar-refractivity contribution in [1.82, 2.24) is 10.3 Å². The zero-order valence-electron chi connectivity index (χ0n) is 15.3. The van der Waals surface area contributed by atoms with Gasteiger partial charge in [-0.25, -0.2) is 9.78 Å². The Labute approximate surface area is 168 Å². The number of alkyl halides is 3. The number of carboxylic acid groups (broad SMARTS) is 1. The Morgan fingerprint density at radius 1 is 1.03 bits per heavy atom. The number of benzene rings is 2. The average molecular weight is 420 g/mol. The number of nitrogens with zero attached hydrogens (tertiary/aromatic N) is 1. The van der Waals surface area contributed by atoms with Gasteiger partial charge in [-0.3, -0.25) is 4.79 Å². The van der Waals surface area contributed by atoms with E-state index in [0.29, 0.717) is 11.1 Å². The highest BCUT2D eigenvalue weighted by Crippen LogP contribution is 2.23. The minimum Gasteiger partial charge on any atom is -0.476 e. The fraction of sp³-hybridized carbons (Fsp3) is 0.150. The van der Waals surface area contributed by atoms with Crippen LogP contribution in [0.15, 0.2) is 59.2 Å². The number of aromatic carboxylic acids is 1. The van der Waals surface area contributed by atoms with E-state index in [1.165, 1.54) is 12.1 Å². The number of oxazole rings is 1. The summed E-state index contributed by atoms with van der Waals surface area (Å²) in [5.74, 6) is -1.68. The number of nitrogens with one attached hydrogen (secondary N) is 1. The van der Waals surface area contributed by atoms with Gasteiger partial charge in [-0.1, -0.05) is 24.3 Å². The molecule has 0 saturated heterocycles. The molecule has 0 aliphatic carbocycles. The van der Waals surface area contributed by atoms with Crippen LogP contribution in [0, 0.1) is 0 Å². The van der Waals surface area contributed by atoms with Gasteiger partial charge in [-0.15, -0.1) is 13.2 Å². The minimum atomic E-state index is -4.76. The molecule has 10 heteroatoms. The number of amides is 1. The molecule has 2 N–H and O–H groups in total. The second-order valence-electron chi connectivity index (χ2n) is 6.19. The van der Waals surface area contributed by atoms with E-state index in [1.54, 1.807) is 24.3 Å². The Morgan fingerprint density at radius 2 is 1.67 bits per heavy atom. The van der Waals surface area contributed by atoms with Crippen LogP contribution in [0.25, 0.3) is 11.5 Å². The molecule has 0 fully saturated rings. The van der Waals surface area contributed by atoms with E-state index in [4.69, 9.17) is 9.52 Å². The maximum Gasteiger partial charge on any atom is 0.573 e. The Hall–Kier alpha value is -3.82. The molecule has 0 unspecified atom stereocenters. The predicted octanol–water partition coefficient (Wildman–Crippen LogP) is 3.80. The topological polar surface area (TPSA) is 102 Å². The van der Waals surface area contributed by atoms with Crippen molar-refractivity contribution in [3.05, 3.63) is 71.6 Å². The van der Waals surface area contributed by atoms with Crippen LogP contribution in [0.5, 0.6) is 5.75 Å². The van der Waals surface area contributed by atoms with Crippen molar-refractivity contribution in [1.29, 1.82) is 0 Å². The van der Waals surface area contributed by atoms with E-state index in [1.807, 2.05) is 0 Å². The molecule has 1 aromatic heterocycles. The summed E-state index contributed by atoms with van der Waals surface area (Å²) in [6.07, 6.45) is -3.72. The quantitative estimate of drug-likeness (QED) is 0.603. The highest BCUT2D eigenvalue weighted by Gasteiger charge is 2.30. The third-order valence-electron chi connectivity index (χ3n) is 3.94. The van der Waals surface area contributed by atoms with Gasteiger partial charge in [0.05, 0.1) is 6.42 Å². The number of carbonyl (C=O) groups excluding carboxylic acids is 1. The summed E-state index contributed by atoms with van der Waals surface area (Å²) in [5.41, 5.74) is 1.71. The van der Waals surface area contributed by atoms with Crippen molar-refractivity contribution in [2.45, 2.75) is 19.3 Å². The zero-order valence-corrected chi connectivity index (χ0v) is 15.3. The van der Waals surface area contributed by atoms with Crippen LogP contribution >= 0.6 is 0 Å². The van der Waals surface area contributed by atoms with Gasteiger partial charge in [-0.2, -0.15) is 0 Å². The molecule has 0 aliphatic heterocycles. The Kier molecular flexibility index (Phi) is 6.05. The highest BCUT2D eigenvalue weighted by molar-refractivity contribution is 5.85. The molecule has 0 bridgehead atoms. The van der Waals surface area contributed by atoms with Crippen molar-refractivity contribution in [3.63, 3.8) is 0 Å². The maximum absolute atomic E-state index is 12.1. The number of halogens is 3. The van der Waals surface area contributed by atoms with Gasteiger partial charge in [0.2, 0.25) is 11.8 Å². The number of ether oxygens (including phenoxy) is 1. The Balaban J connectivity index is 1.51. The summed E-state index contributed by atoms with van der Waals surface area (Å²) in [6.45, 7) is 0.236. The summed E-state index contributed by atoms with van der Waals surface area (Å²) >= 11 is 0. The third kappa shape index (κ3) is 5.84. The summed E-state index contributed by atoms with van der Waals surface area (Å²) in [7, 11) is 0. The molecule has 0 saturated carbocycles. The summed E-state index contributed by atoms with van der Waals surface area (Å²) in [4.78, 5) is 26.7. The first kappa shape index (κ1) is 20.9. The first-order valence-corrected chi connectivity index (χ1v) is 8.59. The Bertz CT molecular complexity index is 1030. The van der Waals surface area contributed by atoms with E-state index in [0.717, 1.165) is 24.0 Å². The van der Waals surface area contributed by atoms with Gasteiger partial charge >= 0.3 is 12.3 Å². The minimum absolute atomic E-state index is 0.00133. The van der Waals surface area contributed by atoms with Crippen molar-refractivity contribution in [2.24, 2.45) is 0 Å². The average Bonchev–Trinajstić information content (AvgIpc) is 3.18. The van der Waals surface area contributed by atoms with Crippen LogP contribution in [0.2, 0.25) is 0 Å². The molecule has 7 nitrogen and oxygen atoms in total. The van der Waals surface area contributed by atoms with Gasteiger partial charge in [-0.05, 0) is 35.4 Å². The van der Waals surface area contributed by atoms with Crippen LogP contribution in [0.1, 0.15) is 21.6 Å². The second-order valence-corrected chi connectivity index (χ2v) is 6.19. The summed E-state index contributed by atoms with van der Waals surface area (Å²) in [6, 6.07) is 11.9. The van der Waals surface area contributed by atoms with Crippen LogP contribution in [0.3, 0.4) is 0 Å². The summed E-state index contributed by atoms with van der Waals surface area (Å²) < 4.78 is 45.3. The van der Waals surface area contributed by atoms with Crippen LogP contribution < -0.4 is 10.1 Å². The molecule has 1 heterocycles. The fourth-order valence-electron chi connectivity index (χ4n) is 2.53. The molecule has 0 spiro atoms. The molecule has 2 aromatic carbocycles. The number of hydrogen-bond acceptors (Lipinski definition) is 5. The molecule has 3 rings (SSSR count). The lowest BCUT2D eigenvalue weighted by molar-refractivity contribution is -0.274. The number of hydrogen-bond donors (Lipinski definition) is 2. The SMILES string of the molecule is O=C(Cc1ccc(OC(F)(F)F)cc1)NCc1ccc(-c2nc(C(=O)O)co2)cc1. The van der Waals surface area contributed by atoms with E-state index in [9.17, 15) is 22.8 Å². The molecule has 1 amide bonds. The number of carbonyl (C=O) groups is 2. The van der Waals surface area contributed by atoms with E-state index in [-0.39, 0.29) is 36.2 Å². The number of carboxylic acids is 1. The van der Waals surface area contributed by atoms with Gasteiger partial charge in [0, 0.05) is 12.1 Å². The predicted molar refractivity (Wildman–Crippen MR) is 97.6 cm³/mol. The van der Waals surface area contributed by atoms with E-state index >= 15 is 0 Å². The molecule has 3 aromatic rings. The van der Waals surface area contributed by atoms with Crippen LogP contribution in [-0.2, 0) is 17.8 Å². The summed E-state index contributed by atoms with van der Waals surface area (Å²) in [5, 5.41) is 11.6. The Morgan fingerprint density at radius 3 is 2.23 bits per heavy atom. The lowest BCUT2D eigenvalue weighted by Crippen LogP contribution is -2.24. The van der Waals surface area contributed by atoms with Gasteiger partial charge in [0.1, 0.15) is 12.0 Å². The van der Waals surface area contributed by atoms with Crippen LogP contribution in [-0.4, -0.2) is 28.3 Å². The molecule has 0 radical (unpaired) electrons.